The van der Waals surface area contributed by atoms with Crippen LogP contribution in [0.3, 0.4) is 0 Å². The van der Waals surface area contributed by atoms with Crippen molar-refractivity contribution in [1.29, 1.82) is 0 Å². The Balaban J connectivity index is 2.05. The van der Waals surface area contributed by atoms with Gasteiger partial charge in [-0.1, -0.05) is 30.3 Å². The van der Waals surface area contributed by atoms with Crippen molar-refractivity contribution in [3.63, 3.8) is 0 Å². The summed E-state index contributed by atoms with van der Waals surface area (Å²) in [5, 5.41) is 0. The minimum absolute atomic E-state index is 0.169. The summed E-state index contributed by atoms with van der Waals surface area (Å²) in [4.78, 5) is 26.8. The number of amides is 2. The summed E-state index contributed by atoms with van der Waals surface area (Å²) >= 11 is 1.47. The van der Waals surface area contributed by atoms with Gasteiger partial charge in [-0.15, -0.1) is 11.8 Å². The van der Waals surface area contributed by atoms with Crippen molar-refractivity contribution in [2.75, 3.05) is 10.7 Å². The van der Waals surface area contributed by atoms with Crippen LogP contribution < -0.4 is 4.90 Å². The van der Waals surface area contributed by atoms with E-state index in [0.717, 1.165) is 4.90 Å². The van der Waals surface area contributed by atoms with E-state index in [9.17, 15) is 9.59 Å². The Morgan fingerprint density at radius 2 is 1.68 bits per heavy atom. The number of benzene rings is 2. The Morgan fingerprint density at radius 3 is 2.47 bits per heavy atom. The molecule has 4 heteroatoms. The summed E-state index contributed by atoms with van der Waals surface area (Å²) in [5.74, 6) is -0.133. The van der Waals surface area contributed by atoms with E-state index in [1.54, 1.807) is 30.3 Å². The second-order valence-corrected chi connectivity index (χ2v) is 5.17. The first-order valence-corrected chi connectivity index (χ1v) is 6.90. The van der Waals surface area contributed by atoms with Crippen LogP contribution in [-0.2, 0) is 4.79 Å². The van der Waals surface area contributed by atoms with Gasteiger partial charge in [0.15, 0.2) is 0 Å². The van der Waals surface area contributed by atoms with Crippen molar-refractivity contribution < 1.29 is 9.59 Å². The number of thioether (sulfide) groups is 1. The summed E-state index contributed by atoms with van der Waals surface area (Å²) in [6, 6.07) is 16.4. The molecule has 0 radical (unpaired) electrons. The minimum atomic E-state index is -0.265. The molecule has 1 heterocycles. The molecule has 94 valence electrons. The molecule has 2 amide bonds. The highest BCUT2D eigenvalue weighted by Crippen LogP contribution is 2.35. The number of carbonyl (C=O) groups excluding carboxylic acids is 2. The second-order valence-electron chi connectivity index (χ2n) is 4.16. The third kappa shape index (κ3) is 2.15. The largest absolute Gasteiger partial charge is 0.273 e. The van der Waals surface area contributed by atoms with Crippen molar-refractivity contribution in [2.24, 2.45) is 0 Å². The lowest BCUT2D eigenvalue weighted by Gasteiger charge is -2.27. The predicted octanol–water partition coefficient (Wildman–Crippen LogP) is 2.97. The Labute approximate surface area is 115 Å². The number of imide groups is 1. The zero-order valence-electron chi connectivity index (χ0n) is 10.1. The van der Waals surface area contributed by atoms with Gasteiger partial charge in [0.1, 0.15) is 0 Å². The zero-order chi connectivity index (χ0) is 13.2. The first-order chi connectivity index (χ1) is 9.27. The van der Waals surface area contributed by atoms with Gasteiger partial charge in [0.05, 0.1) is 11.4 Å². The topological polar surface area (TPSA) is 37.4 Å². The number of rotatable bonds is 1. The molecule has 0 aromatic heterocycles. The van der Waals surface area contributed by atoms with Gasteiger partial charge in [-0.05, 0) is 24.3 Å². The molecule has 0 unspecified atom stereocenters. The van der Waals surface area contributed by atoms with Crippen molar-refractivity contribution in [2.45, 2.75) is 4.90 Å². The highest BCUT2D eigenvalue weighted by Gasteiger charge is 2.30. The molecule has 2 aromatic carbocycles. The lowest BCUT2D eigenvalue weighted by Crippen LogP contribution is -2.40. The predicted molar refractivity (Wildman–Crippen MR) is 75.4 cm³/mol. The minimum Gasteiger partial charge on any atom is -0.273 e. The van der Waals surface area contributed by atoms with Crippen LogP contribution in [0.2, 0.25) is 0 Å². The number of hydrogen-bond donors (Lipinski definition) is 0. The monoisotopic (exact) mass is 269 g/mol. The van der Waals surface area contributed by atoms with Crippen LogP contribution in [0.4, 0.5) is 5.69 Å². The number of nitrogens with zero attached hydrogens (tertiary/aromatic N) is 1. The average Bonchev–Trinajstić information content (AvgIpc) is 2.47. The van der Waals surface area contributed by atoms with Crippen LogP contribution in [0.25, 0.3) is 0 Å². The average molecular weight is 269 g/mol. The Bertz CT molecular complexity index is 640. The van der Waals surface area contributed by atoms with Crippen LogP contribution in [0.1, 0.15) is 10.4 Å². The molecule has 0 saturated carbocycles. The van der Waals surface area contributed by atoms with Crippen molar-refractivity contribution >= 4 is 29.3 Å². The van der Waals surface area contributed by atoms with Gasteiger partial charge < -0.3 is 0 Å². The Hall–Kier alpha value is -2.07. The Kier molecular flexibility index (Phi) is 3.09. The van der Waals surface area contributed by atoms with Gasteiger partial charge in [0.25, 0.3) is 5.91 Å². The van der Waals surface area contributed by atoms with E-state index in [0.29, 0.717) is 17.0 Å². The van der Waals surface area contributed by atoms with Crippen LogP contribution >= 0.6 is 11.8 Å². The second kappa shape index (κ2) is 4.90. The quantitative estimate of drug-likeness (QED) is 0.747. The van der Waals surface area contributed by atoms with E-state index in [1.165, 1.54) is 16.7 Å². The number of anilines is 1. The van der Waals surface area contributed by atoms with Crippen LogP contribution in [0.5, 0.6) is 0 Å². The highest BCUT2D eigenvalue weighted by molar-refractivity contribution is 8.00. The molecule has 0 bridgehead atoms. The zero-order valence-corrected chi connectivity index (χ0v) is 10.9. The molecule has 3 nitrogen and oxygen atoms in total. The SMILES string of the molecule is O=C1CSc2ccccc2N1C(=O)c1ccccc1. The van der Waals surface area contributed by atoms with Gasteiger partial charge in [-0.2, -0.15) is 0 Å². The van der Waals surface area contributed by atoms with Crippen molar-refractivity contribution in [3.05, 3.63) is 60.2 Å². The lowest BCUT2D eigenvalue weighted by atomic mass is 10.1. The molecule has 1 aliphatic rings. The van der Waals surface area contributed by atoms with Gasteiger partial charge in [-0.3, -0.25) is 9.59 Å². The maximum atomic E-state index is 12.5. The fraction of sp³-hybridized carbons (Fsp3) is 0.0667. The number of carbonyl (C=O) groups is 2. The van der Waals surface area contributed by atoms with Gasteiger partial charge in [0.2, 0.25) is 5.91 Å². The molecule has 19 heavy (non-hydrogen) atoms. The molecule has 0 N–H and O–H groups in total. The van der Waals surface area contributed by atoms with Gasteiger partial charge in [0, 0.05) is 10.5 Å². The summed E-state index contributed by atoms with van der Waals surface area (Å²) in [6.07, 6.45) is 0. The van der Waals surface area contributed by atoms with E-state index >= 15 is 0 Å². The Morgan fingerprint density at radius 1 is 1.00 bits per heavy atom. The number of hydrogen-bond acceptors (Lipinski definition) is 3. The molecule has 1 aliphatic heterocycles. The summed E-state index contributed by atoms with van der Waals surface area (Å²) < 4.78 is 0. The van der Waals surface area contributed by atoms with Crippen molar-refractivity contribution in [3.8, 4) is 0 Å². The maximum Gasteiger partial charge on any atom is 0.265 e. The molecular formula is C15H11NO2S. The first-order valence-electron chi connectivity index (χ1n) is 5.91. The first kappa shape index (κ1) is 12.0. The molecule has 0 spiro atoms. The van der Waals surface area contributed by atoms with Gasteiger partial charge >= 0.3 is 0 Å². The van der Waals surface area contributed by atoms with E-state index in [4.69, 9.17) is 0 Å². The highest BCUT2D eigenvalue weighted by atomic mass is 32.2. The number of para-hydroxylation sites is 1. The fourth-order valence-corrected chi connectivity index (χ4v) is 2.92. The third-order valence-corrected chi connectivity index (χ3v) is 3.98. The van der Waals surface area contributed by atoms with E-state index in [-0.39, 0.29) is 11.8 Å². The fourth-order valence-electron chi connectivity index (χ4n) is 2.03. The van der Waals surface area contributed by atoms with Crippen LogP contribution in [-0.4, -0.2) is 17.6 Å². The van der Waals surface area contributed by atoms with Crippen molar-refractivity contribution in [1.82, 2.24) is 0 Å². The third-order valence-electron chi connectivity index (χ3n) is 2.93. The molecule has 0 fully saturated rings. The molecule has 3 rings (SSSR count). The summed E-state index contributed by atoms with van der Waals surface area (Å²) in [7, 11) is 0. The number of fused-ring (bicyclic) bond motifs is 1. The summed E-state index contributed by atoms with van der Waals surface area (Å²) in [5.41, 5.74) is 1.20. The normalized spacial score (nSPS) is 14.1. The molecular weight excluding hydrogens is 258 g/mol. The van der Waals surface area contributed by atoms with Crippen LogP contribution in [0.15, 0.2) is 59.5 Å². The van der Waals surface area contributed by atoms with E-state index in [1.807, 2.05) is 24.3 Å². The maximum absolute atomic E-state index is 12.5. The summed E-state index contributed by atoms with van der Waals surface area (Å²) in [6.45, 7) is 0. The van der Waals surface area contributed by atoms with E-state index < -0.39 is 0 Å². The smallest absolute Gasteiger partial charge is 0.265 e. The van der Waals surface area contributed by atoms with Gasteiger partial charge in [-0.25, -0.2) is 4.90 Å². The molecule has 0 saturated heterocycles. The standard InChI is InChI=1S/C15H11NO2S/c17-14-10-19-13-9-5-4-8-12(13)16(14)15(18)11-6-2-1-3-7-11/h1-9H,10H2. The van der Waals surface area contributed by atoms with Crippen LogP contribution in [0, 0.1) is 0 Å². The molecule has 0 atom stereocenters. The molecule has 0 aliphatic carbocycles. The lowest BCUT2D eigenvalue weighted by molar-refractivity contribution is -0.115. The molecule has 2 aromatic rings. The van der Waals surface area contributed by atoms with E-state index in [2.05, 4.69) is 0 Å².